The number of ether oxygens (including phenoxy) is 3. The number of hydrogen-bond acceptors (Lipinski definition) is 5. The molecule has 0 radical (unpaired) electrons. The lowest BCUT2D eigenvalue weighted by Gasteiger charge is -2.39. The molecule has 0 unspecified atom stereocenters. The van der Waals surface area contributed by atoms with Crippen LogP contribution in [-0.2, 0) is 9.47 Å². The molecule has 0 amide bonds. The normalized spacial score (nSPS) is 21.8. The van der Waals surface area contributed by atoms with Gasteiger partial charge in [0.05, 0.1) is 31.7 Å². The van der Waals surface area contributed by atoms with Crippen LogP contribution in [0.5, 0.6) is 5.75 Å². The van der Waals surface area contributed by atoms with Gasteiger partial charge in [0.2, 0.25) is 0 Å². The van der Waals surface area contributed by atoms with Crippen LogP contribution < -0.4 is 15.4 Å². The molecule has 0 aromatic heterocycles. The smallest absolute Gasteiger partial charge is 0.171 e. The molecule has 5 heteroatoms. The molecule has 0 bridgehead atoms. The zero-order valence-electron chi connectivity index (χ0n) is 11.2. The predicted molar refractivity (Wildman–Crippen MR) is 73.5 cm³/mol. The van der Waals surface area contributed by atoms with Gasteiger partial charge in [-0.05, 0) is 12.1 Å². The summed E-state index contributed by atoms with van der Waals surface area (Å²) in [6, 6.07) is 5.76. The van der Waals surface area contributed by atoms with Crippen molar-refractivity contribution < 1.29 is 14.2 Å². The molecule has 0 atom stereocenters. The van der Waals surface area contributed by atoms with E-state index in [1.54, 1.807) is 7.11 Å². The number of methoxy groups -OCH3 is 1. The van der Waals surface area contributed by atoms with Gasteiger partial charge in [-0.25, -0.2) is 0 Å². The Morgan fingerprint density at radius 3 is 2.53 bits per heavy atom. The Kier molecular flexibility index (Phi) is 3.24. The maximum absolute atomic E-state index is 6.06. The first-order chi connectivity index (χ1) is 9.22. The van der Waals surface area contributed by atoms with Crippen LogP contribution in [-0.4, -0.2) is 39.2 Å². The molecule has 0 aliphatic carbocycles. The van der Waals surface area contributed by atoms with E-state index < -0.39 is 0 Å². The SMILES string of the molecule is COc1ccc(N)c(N2CCC3(CC2)OCCO3)c1. The fraction of sp³-hybridized carbons (Fsp3) is 0.571. The number of hydrogen-bond donors (Lipinski definition) is 1. The van der Waals surface area contributed by atoms with E-state index in [9.17, 15) is 0 Å². The van der Waals surface area contributed by atoms with Crippen molar-refractivity contribution in [2.24, 2.45) is 0 Å². The maximum atomic E-state index is 6.06. The van der Waals surface area contributed by atoms with Crippen LogP contribution in [0.3, 0.4) is 0 Å². The average Bonchev–Trinajstić information content (AvgIpc) is 2.89. The number of benzene rings is 1. The number of nitrogens with zero attached hydrogens (tertiary/aromatic N) is 1. The molecule has 5 nitrogen and oxygen atoms in total. The molecule has 2 fully saturated rings. The van der Waals surface area contributed by atoms with Gasteiger partial charge in [0.15, 0.2) is 5.79 Å². The minimum atomic E-state index is -0.343. The molecule has 1 aromatic carbocycles. The second-order valence-corrected chi connectivity index (χ2v) is 5.02. The van der Waals surface area contributed by atoms with Crippen molar-refractivity contribution in [1.82, 2.24) is 0 Å². The highest BCUT2D eigenvalue weighted by Crippen LogP contribution is 2.36. The van der Waals surface area contributed by atoms with Crippen LogP contribution in [0.25, 0.3) is 0 Å². The molecule has 2 N–H and O–H groups in total. The van der Waals surface area contributed by atoms with Crippen LogP contribution in [0.1, 0.15) is 12.8 Å². The van der Waals surface area contributed by atoms with Gasteiger partial charge in [-0.3, -0.25) is 0 Å². The number of piperidine rings is 1. The Hall–Kier alpha value is -1.46. The molecule has 19 heavy (non-hydrogen) atoms. The quantitative estimate of drug-likeness (QED) is 0.823. The highest BCUT2D eigenvalue weighted by Gasteiger charge is 2.40. The van der Waals surface area contributed by atoms with Crippen molar-refractivity contribution in [2.45, 2.75) is 18.6 Å². The third-order valence-electron chi connectivity index (χ3n) is 3.92. The zero-order valence-corrected chi connectivity index (χ0v) is 11.2. The number of nitrogens with two attached hydrogens (primary N) is 1. The maximum Gasteiger partial charge on any atom is 0.171 e. The molecule has 2 saturated heterocycles. The average molecular weight is 264 g/mol. The molecule has 104 valence electrons. The zero-order chi connectivity index (χ0) is 13.3. The Balaban J connectivity index is 1.74. The number of anilines is 2. The number of rotatable bonds is 2. The minimum absolute atomic E-state index is 0.343. The Morgan fingerprint density at radius 2 is 1.89 bits per heavy atom. The van der Waals surface area contributed by atoms with Gasteiger partial charge >= 0.3 is 0 Å². The topological polar surface area (TPSA) is 57.0 Å². The number of nitrogen functional groups attached to an aromatic ring is 1. The second-order valence-electron chi connectivity index (χ2n) is 5.02. The van der Waals surface area contributed by atoms with Gasteiger partial charge in [0, 0.05) is 32.0 Å². The monoisotopic (exact) mass is 264 g/mol. The van der Waals surface area contributed by atoms with E-state index in [1.807, 2.05) is 18.2 Å². The lowest BCUT2D eigenvalue weighted by molar-refractivity contribution is -0.169. The summed E-state index contributed by atoms with van der Waals surface area (Å²) in [5.74, 6) is 0.488. The van der Waals surface area contributed by atoms with Crippen LogP contribution in [0.2, 0.25) is 0 Å². The highest BCUT2D eigenvalue weighted by molar-refractivity contribution is 5.69. The first-order valence-corrected chi connectivity index (χ1v) is 6.69. The van der Waals surface area contributed by atoms with Crippen LogP contribution in [0, 0.1) is 0 Å². The van der Waals surface area contributed by atoms with Gasteiger partial charge < -0.3 is 24.8 Å². The van der Waals surface area contributed by atoms with Crippen molar-refractivity contribution >= 4 is 11.4 Å². The lowest BCUT2D eigenvalue weighted by Crippen LogP contribution is -2.45. The third-order valence-corrected chi connectivity index (χ3v) is 3.92. The van der Waals surface area contributed by atoms with Gasteiger partial charge in [-0.2, -0.15) is 0 Å². The van der Waals surface area contributed by atoms with Gasteiger partial charge in [-0.1, -0.05) is 0 Å². The summed E-state index contributed by atoms with van der Waals surface area (Å²) < 4.78 is 16.7. The van der Waals surface area contributed by atoms with E-state index in [2.05, 4.69) is 4.90 Å². The Labute approximate surface area is 113 Å². The largest absolute Gasteiger partial charge is 0.497 e. The van der Waals surface area contributed by atoms with Crippen molar-refractivity contribution in [2.75, 3.05) is 44.0 Å². The second kappa shape index (κ2) is 4.90. The fourth-order valence-corrected chi connectivity index (χ4v) is 2.80. The first kappa shape index (κ1) is 12.6. The summed E-state index contributed by atoms with van der Waals surface area (Å²) >= 11 is 0. The van der Waals surface area contributed by atoms with E-state index in [-0.39, 0.29) is 5.79 Å². The minimum Gasteiger partial charge on any atom is -0.497 e. The van der Waals surface area contributed by atoms with Gasteiger partial charge in [-0.15, -0.1) is 0 Å². The van der Waals surface area contributed by atoms with Crippen molar-refractivity contribution in [3.8, 4) is 5.75 Å². The molecule has 0 saturated carbocycles. The molecular formula is C14H20N2O3. The standard InChI is InChI=1S/C14H20N2O3/c1-17-11-2-3-12(15)13(10-11)16-6-4-14(5-7-16)18-8-9-19-14/h2-3,10H,4-9,15H2,1H3. The Morgan fingerprint density at radius 1 is 1.21 bits per heavy atom. The van der Waals surface area contributed by atoms with E-state index in [0.717, 1.165) is 43.1 Å². The van der Waals surface area contributed by atoms with Gasteiger partial charge in [0.1, 0.15) is 5.75 Å². The van der Waals surface area contributed by atoms with E-state index in [1.165, 1.54) is 0 Å². The molecule has 2 aliphatic heterocycles. The van der Waals surface area contributed by atoms with E-state index in [4.69, 9.17) is 19.9 Å². The Bertz CT molecular complexity index is 448. The van der Waals surface area contributed by atoms with E-state index in [0.29, 0.717) is 13.2 Å². The first-order valence-electron chi connectivity index (χ1n) is 6.69. The van der Waals surface area contributed by atoms with Crippen molar-refractivity contribution in [1.29, 1.82) is 0 Å². The lowest BCUT2D eigenvalue weighted by atomic mass is 10.0. The van der Waals surface area contributed by atoms with Crippen LogP contribution in [0.4, 0.5) is 11.4 Å². The molecular weight excluding hydrogens is 244 g/mol. The van der Waals surface area contributed by atoms with Crippen LogP contribution in [0.15, 0.2) is 18.2 Å². The summed E-state index contributed by atoms with van der Waals surface area (Å²) in [5.41, 5.74) is 7.88. The van der Waals surface area contributed by atoms with Crippen molar-refractivity contribution in [3.63, 3.8) is 0 Å². The predicted octanol–water partition coefficient (Wildman–Crippen LogP) is 1.62. The summed E-state index contributed by atoms with van der Waals surface area (Å²) in [6.07, 6.45) is 1.76. The van der Waals surface area contributed by atoms with Gasteiger partial charge in [0.25, 0.3) is 0 Å². The molecule has 2 heterocycles. The summed E-state index contributed by atoms with van der Waals surface area (Å²) in [4.78, 5) is 2.27. The molecule has 3 rings (SSSR count). The highest BCUT2D eigenvalue weighted by atomic mass is 16.7. The summed E-state index contributed by atoms with van der Waals surface area (Å²) in [7, 11) is 1.67. The molecule has 2 aliphatic rings. The summed E-state index contributed by atoms with van der Waals surface area (Å²) in [5, 5.41) is 0. The fourth-order valence-electron chi connectivity index (χ4n) is 2.80. The van der Waals surface area contributed by atoms with Crippen molar-refractivity contribution in [3.05, 3.63) is 18.2 Å². The van der Waals surface area contributed by atoms with E-state index >= 15 is 0 Å². The van der Waals surface area contributed by atoms with Crippen LogP contribution >= 0.6 is 0 Å². The molecule has 1 aromatic rings. The molecule has 1 spiro atoms. The third kappa shape index (κ3) is 2.35. The summed E-state index contributed by atoms with van der Waals surface area (Å²) in [6.45, 7) is 3.19.